The maximum Gasteiger partial charge on any atom is 0.159 e. The van der Waals surface area contributed by atoms with Gasteiger partial charge >= 0.3 is 0 Å². The van der Waals surface area contributed by atoms with E-state index in [2.05, 4.69) is 38.4 Å². The van der Waals surface area contributed by atoms with E-state index in [0.717, 1.165) is 54.6 Å². The summed E-state index contributed by atoms with van der Waals surface area (Å²) in [5.41, 5.74) is 3.38. The topological polar surface area (TPSA) is 59.5 Å². The maximum absolute atomic E-state index is 5.35. The maximum atomic E-state index is 5.35. The van der Waals surface area contributed by atoms with Gasteiger partial charge in [-0.25, -0.2) is 9.97 Å². The third kappa shape index (κ3) is 5.81. The van der Waals surface area contributed by atoms with Gasteiger partial charge in [-0.3, -0.25) is 4.90 Å². The zero-order chi connectivity index (χ0) is 21.5. The number of piperidine rings is 1. The average molecular weight is 419 g/mol. The molecule has 0 saturated carbocycles. The highest BCUT2D eigenvalue weighted by Gasteiger charge is 2.19. The molecule has 1 atom stereocenters. The molecule has 0 bridgehead atoms. The second-order valence-corrected chi connectivity index (χ2v) is 7.95. The zero-order valence-corrected chi connectivity index (χ0v) is 18.3. The van der Waals surface area contributed by atoms with Crippen molar-refractivity contribution in [3.8, 4) is 22.9 Å². The summed E-state index contributed by atoms with van der Waals surface area (Å²) in [6, 6.07) is 16.6. The number of hydrogen-bond donors (Lipinski definition) is 1. The normalized spacial score (nSPS) is 16.8. The lowest BCUT2D eigenvalue weighted by atomic mass is 10.0. The van der Waals surface area contributed by atoms with Crippen molar-refractivity contribution in [3.05, 3.63) is 72.1 Å². The summed E-state index contributed by atoms with van der Waals surface area (Å²) >= 11 is 0. The van der Waals surface area contributed by atoms with Crippen LogP contribution in [-0.2, 0) is 13.1 Å². The Labute approximate surface area is 184 Å². The first kappa shape index (κ1) is 21.3. The fourth-order valence-electron chi connectivity index (χ4n) is 3.99. The van der Waals surface area contributed by atoms with Crippen LogP contribution in [0.2, 0.25) is 0 Å². The van der Waals surface area contributed by atoms with Crippen molar-refractivity contribution in [2.75, 3.05) is 27.3 Å². The predicted molar refractivity (Wildman–Crippen MR) is 122 cm³/mol. The van der Waals surface area contributed by atoms with Crippen LogP contribution >= 0.6 is 0 Å². The molecular weight excluding hydrogens is 388 g/mol. The fourth-order valence-corrected chi connectivity index (χ4v) is 3.99. The number of nitrogens with zero attached hydrogens (tertiary/aromatic N) is 3. The number of hydrogen-bond acceptors (Lipinski definition) is 6. The molecule has 1 saturated heterocycles. The average Bonchev–Trinajstić information content (AvgIpc) is 2.83. The number of ether oxygens (including phenoxy) is 2. The number of rotatable bonds is 8. The third-order valence-corrected chi connectivity index (χ3v) is 5.69. The van der Waals surface area contributed by atoms with Gasteiger partial charge in [0.2, 0.25) is 0 Å². The van der Waals surface area contributed by atoms with Crippen LogP contribution in [-0.4, -0.2) is 48.2 Å². The number of methoxy groups -OCH3 is 2. The van der Waals surface area contributed by atoms with Crippen LogP contribution in [0.5, 0.6) is 11.5 Å². The molecule has 0 aliphatic carbocycles. The summed E-state index contributed by atoms with van der Waals surface area (Å²) in [7, 11) is 3.38. The van der Waals surface area contributed by atoms with Crippen LogP contribution in [0.3, 0.4) is 0 Å². The summed E-state index contributed by atoms with van der Waals surface area (Å²) in [6.45, 7) is 3.91. The van der Waals surface area contributed by atoms with Crippen LogP contribution in [0.4, 0.5) is 0 Å². The summed E-state index contributed by atoms with van der Waals surface area (Å²) in [4.78, 5) is 11.6. The van der Waals surface area contributed by atoms with Crippen molar-refractivity contribution in [1.82, 2.24) is 20.2 Å². The van der Waals surface area contributed by atoms with E-state index in [1.165, 1.54) is 18.4 Å². The molecule has 1 aliphatic heterocycles. The summed E-state index contributed by atoms with van der Waals surface area (Å²) in [6.07, 6.45) is 6.22. The molecule has 1 fully saturated rings. The van der Waals surface area contributed by atoms with E-state index in [0.29, 0.717) is 6.04 Å². The highest BCUT2D eigenvalue weighted by Crippen LogP contribution is 2.20. The number of benzene rings is 2. The highest BCUT2D eigenvalue weighted by molar-refractivity contribution is 5.55. The number of nitrogens with one attached hydrogen (secondary N) is 1. The minimum absolute atomic E-state index is 0.473. The van der Waals surface area contributed by atoms with Gasteiger partial charge in [0.15, 0.2) is 5.82 Å². The molecule has 0 radical (unpaired) electrons. The minimum atomic E-state index is 0.473. The molecule has 31 heavy (non-hydrogen) atoms. The SMILES string of the molecule is COc1ccc(-c2ncc(CN[C@@H]3CCCN(Cc4cccc(OC)c4)C3)cn2)cc1. The number of aromatic nitrogens is 2. The smallest absolute Gasteiger partial charge is 0.159 e. The molecule has 1 aliphatic rings. The van der Waals surface area contributed by atoms with Crippen molar-refractivity contribution in [2.45, 2.75) is 32.0 Å². The first-order valence-corrected chi connectivity index (χ1v) is 10.8. The van der Waals surface area contributed by atoms with E-state index in [-0.39, 0.29) is 0 Å². The van der Waals surface area contributed by atoms with Crippen molar-refractivity contribution in [1.29, 1.82) is 0 Å². The van der Waals surface area contributed by atoms with Crippen molar-refractivity contribution >= 4 is 0 Å². The second-order valence-electron chi connectivity index (χ2n) is 7.95. The zero-order valence-electron chi connectivity index (χ0n) is 18.3. The van der Waals surface area contributed by atoms with Crippen LogP contribution in [0.15, 0.2) is 60.9 Å². The molecule has 1 N–H and O–H groups in total. The van der Waals surface area contributed by atoms with Gasteiger partial charge in [-0.05, 0) is 61.3 Å². The van der Waals surface area contributed by atoms with Gasteiger partial charge in [0.25, 0.3) is 0 Å². The van der Waals surface area contributed by atoms with Crippen molar-refractivity contribution in [3.63, 3.8) is 0 Å². The molecule has 0 amide bonds. The molecule has 6 nitrogen and oxygen atoms in total. The lowest BCUT2D eigenvalue weighted by Crippen LogP contribution is -2.45. The third-order valence-electron chi connectivity index (χ3n) is 5.69. The van der Waals surface area contributed by atoms with Crippen molar-refractivity contribution in [2.24, 2.45) is 0 Å². The largest absolute Gasteiger partial charge is 0.497 e. The van der Waals surface area contributed by atoms with Gasteiger partial charge in [0, 0.05) is 49.2 Å². The fraction of sp³-hybridized carbons (Fsp3) is 0.360. The van der Waals surface area contributed by atoms with Gasteiger partial charge in [-0.2, -0.15) is 0 Å². The summed E-state index contributed by atoms with van der Waals surface area (Å²) in [5.74, 6) is 2.48. The Kier molecular flexibility index (Phi) is 7.12. The Morgan fingerprint density at radius 3 is 2.48 bits per heavy atom. The molecule has 162 valence electrons. The molecule has 0 unspecified atom stereocenters. The Balaban J connectivity index is 1.29. The van der Waals surface area contributed by atoms with Gasteiger partial charge in [0.1, 0.15) is 11.5 Å². The molecule has 0 spiro atoms. The molecular formula is C25H30N4O2. The lowest BCUT2D eigenvalue weighted by Gasteiger charge is -2.33. The molecule has 2 heterocycles. The lowest BCUT2D eigenvalue weighted by molar-refractivity contribution is 0.182. The Bertz CT molecular complexity index is 960. The molecule has 2 aromatic carbocycles. The molecule has 6 heteroatoms. The quantitative estimate of drug-likeness (QED) is 0.598. The Hall–Kier alpha value is -2.96. The van der Waals surface area contributed by atoms with Crippen LogP contribution < -0.4 is 14.8 Å². The monoisotopic (exact) mass is 418 g/mol. The molecule has 4 rings (SSSR count). The number of likely N-dealkylation sites (tertiary alicyclic amines) is 1. The van der Waals surface area contributed by atoms with E-state index >= 15 is 0 Å². The predicted octanol–water partition coefficient (Wildman–Crippen LogP) is 3.92. The summed E-state index contributed by atoms with van der Waals surface area (Å²) in [5, 5.41) is 3.69. The molecule has 3 aromatic rings. The Morgan fingerprint density at radius 2 is 1.74 bits per heavy atom. The first-order chi connectivity index (χ1) is 15.2. The van der Waals surface area contributed by atoms with E-state index < -0.39 is 0 Å². The second kappa shape index (κ2) is 10.4. The van der Waals surface area contributed by atoms with Crippen molar-refractivity contribution < 1.29 is 9.47 Å². The Morgan fingerprint density at radius 1 is 0.968 bits per heavy atom. The van der Waals surface area contributed by atoms with Crippen LogP contribution in [0.25, 0.3) is 11.4 Å². The van der Waals surface area contributed by atoms with Gasteiger partial charge in [-0.15, -0.1) is 0 Å². The van der Waals surface area contributed by atoms with E-state index in [1.807, 2.05) is 42.7 Å². The summed E-state index contributed by atoms with van der Waals surface area (Å²) < 4.78 is 10.6. The van der Waals surface area contributed by atoms with Gasteiger partial charge in [-0.1, -0.05) is 12.1 Å². The first-order valence-electron chi connectivity index (χ1n) is 10.8. The van der Waals surface area contributed by atoms with Gasteiger partial charge in [0.05, 0.1) is 14.2 Å². The van der Waals surface area contributed by atoms with E-state index in [4.69, 9.17) is 9.47 Å². The standard InChI is InChI=1S/C25H30N4O2/c1-30-23-10-8-21(9-11-23)25-27-15-20(16-28-25)14-26-22-6-4-12-29(18-22)17-19-5-3-7-24(13-19)31-2/h3,5,7-11,13,15-16,22,26H,4,6,12,14,17-18H2,1-2H3/t22-/m1/s1. The minimum Gasteiger partial charge on any atom is -0.497 e. The van der Waals surface area contributed by atoms with E-state index in [1.54, 1.807) is 14.2 Å². The molecule has 1 aromatic heterocycles. The van der Waals surface area contributed by atoms with Crippen LogP contribution in [0.1, 0.15) is 24.0 Å². The highest BCUT2D eigenvalue weighted by atomic mass is 16.5. The van der Waals surface area contributed by atoms with E-state index in [9.17, 15) is 0 Å². The van der Waals surface area contributed by atoms with Gasteiger partial charge < -0.3 is 14.8 Å². The van der Waals surface area contributed by atoms with Crippen LogP contribution in [0, 0.1) is 0 Å².